The van der Waals surface area contributed by atoms with Gasteiger partial charge >= 0.3 is 6.18 Å². The molecular weight excluding hydrogens is 375 g/mol. The molecule has 1 fully saturated rings. The van der Waals surface area contributed by atoms with Crippen molar-refractivity contribution >= 4 is 23.2 Å². The second-order valence-electron chi connectivity index (χ2n) is 6.15. The van der Waals surface area contributed by atoms with Crippen LogP contribution in [-0.4, -0.2) is 30.8 Å². The Morgan fingerprint density at radius 2 is 1.64 bits per heavy atom. The molecule has 1 aliphatic heterocycles. The Morgan fingerprint density at radius 1 is 1.04 bits per heavy atom. The van der Waals surface area contributed by atoms with Crippen LogP contribution in [0.1, 0.15) is 18.1 Å². The second-order valence-corrected chi connectivity index (χ2v) is 6.15. The maximum absolute atomic E-state index is 12.7. The maximum Gasteiger partial charge on any atom is 0.416 e. The molecule has 0 amide bonds. The Hall–Kier alpha value is -2.91. The molecule has 0 atom stereocenters. The van der Waals surface area contributed by atoms with E-state index in [1.165, 1.54) is 19.1 Å². The number of halogens is 3. The van der Waals surface area contributed by atoms with Gasteiger partial charge in [-0.25, -0.2) is 0 Å². The number of alkyl halides is 3. The largest absolute Gasteiger partial charge is 0.419 e. The van der Waals surface area contributed by atoms with Crippen molar-refractivity contribution in [2.24, 2.45) is 0 Å². The van der Waals surface area contributed by atoms with Gasteiger partial charge in [-0.05, 0) is 43.3 Å². The Morgan fingerprint density at radius 3 is 2.25 bits per heavy atom. The molecule has 28 heavy (non-hydrogen) atoms. The summed E-state index contributed by atoms with van der Waals surface area (Å²) in [5.41, 5.74) is 0.436. The van der Waals surface area contributed by atoms with Crippen LogP contribution in [-0.2, 0) is 20.4 Å². The van der Waals surface area contributed by atoms with E-state index in [9.17, 15) is 13.2 Å². The summed E-state index contributed by atoms with van der Waals surface area (Å²) in [6.45, 7) is 2.17. The van der Waals surface area contributed by atoms with Gasteiger partial charge in [0.1, 0.15) is 0 Å². The molecule has 1 saturated heterocycles. The zero-order valence-electron chi connectivity index (χ0n) is 14.9. The lowest BCUT2D eigenvalue weighted by atomic mass is 10.1. The van der Waals surface area contributed by atoms with Crippen molar-refractivity contribution in [3.63, 3.8) is 0 Å². The van der Waals surface area contributed by atoms with E-state index in [0.717, 1.165) is 12.1 Å². The van der Waals surface area contributed by atoms with Gasteiger partial charge < -0.3 is 19.5 Å². The highest BCUT2D eigenvalue weighted by molar-refractivity contribution is 6.04. The Balaban J connectivity index is 1.75. The normalized spacial score (nSPS) is 15.9. The third-order valence-electron chi connectivity index (χ3n) is 4.12. The fraction of sp³-hybridized carbons (Fsp3) is 0.263. The minimum Gasteiger partial charge on any atom is -0.419 e. The van der Waals surface area contributed by atoms with Crippen LogP contribution in [0.2, 0.25) is 0 Å². The molecule has 2 aromatic rings. The summed E-state index contributed by atoms with van der Waals surface area (Å²) in [6, 6.07) is 11.2. The molecular formula is C19H18F3N3O3. The van der Waals surface area contributed by atoms with Crippen molar-refractivity contribution in [1.82, 2.24) is 0 Å². The van der Waals surface area contributed by atoms with E-state index in [2.05, 4.69) is 5.32 Å². The van der Waals surface area contributed by atoms with Crippen LogP contribution in [0.3, 0.4) is 0 Å². The highest BCUT2D eigenvalue weighted by Crippen LogP contribution is 2.31. The molecule has 0 saturated carbocycles. The molecule has 0 bridgehead atoms. The number of hydrogen-bond donors (Lipinski definition) is 3. The summed E-state index contributed by atoms with van der Waals surface area (Å²) >= 11 is 0. The van der Waals surface area contributed by atoms with Gasteiger partial charge in [0.25, 0.3) is 0 Å². The predicted octanol–water partition coefficient (Wildman–Crippen LogP) is 4.53. The third kappa shape index (κ3) is 4.32. The molecule has 0 unspecified atom stereocenters. The van der Waals surface area contributed by atoms with Crippen LogP contribution < -0.4 is 5.32 Å². The van der Waals surface area contributed by atoms with Gasteiger partial charge in [0.2, 0.25) is 17.6 Å². The smallest absolute Gasteiger partial charge is 0.416 e. The number of rotatable bonds is 4. The van der Waals surface area contributed by atoms with Gasteiger partial charge in [0.15, 0.2) is 0 Å². The van der Waals surface area contributed by atoms with Crippen LogP contribution in [0.15, 0.2) is 48.5 Å². The van der Waals surface area contributed by atoms with Gasteiger partial charge in [-0.15, -0.1) is 0 Å². The van der Waals surface area contributed by atoms with Crippen LogP contribution in [0.5, 0.6) is 0 Å². The fourth-order valence-electron chi connectivity index (χ4n) is 2.58. The molecule has 2 aromatic carbocycles. The van der Waals surface area contributed by atoms with Gasteiger partial charge in [-0.1, -0.05) is 12.1 Å². The standard InChI is InChI=1S/C19H18F3N3O3/c1-18(26-10-11-27-18)17(24)28-16(23)14-4-2-3-5-15(14)25-13-8-6-12(7-9-13)19(20,21)22/h2-9,23-25H,10-11H2,1H3. The average Bonchev–Trinajstić information content (AvgIpc) is 3.10. The van der Waals surface area contributed by atoms with Crippen molar-refractivity contribution < 1.29 is 27.4 Å². The first-order valence-electron chi connectivity index (χ1n) is 8.36. The van der Waals surface area contributed by atoms with E-state index in [1.54, 1.807) is 24.3 Å². The molecule has 148 valence electrons. The molecule has 0 radical (unpaired) electrons. The van der Waals surface area contributed by atoms with Crippen molar-refractivity contribution in [3.8, 4) is 0 Å². The van der Waals surface area contributed by atoms with Crippen molar-refractivity contribution in [1.29, 1.82) is 10.8 Å². The lowest BCUT2D eigenvalue weighted by Gasteiger charge is -2.23. The number of para-hydroxylation sites is 1. The highest BCUT2D eigenvalue weighted by atomic mass is 19.4. The van der Waals surface area contributed by atoms with Crippen LogP contribution in [0.25, 0.3) is 0 Å². The number of nitrogens with one attached hydrogen (secondary N) is 3. The van der Waals surface area contributed by atoms with Crippen LogP contribution >= 0.6 is 0 Å². The summed E-state index contributed by atoms with van der Waals surface area (Å²) < 4.78 is 54.0. The first-order chi connectivity index (χ1) is 13.2. The van der Waals surface area contributed by atoms with Crippen molar-refractivity contribution in [2.45, 2.75) is 18.9 Å². The van der Waals surface area contributed by atoms with Crippen molar-refractivity contribution in [2.75, 3.05) is 18.5 Å². The molecule has 0 spiro atoms. The maximum atomic E-state index is 12.7. The number of hydrogen-bond acceptors (Lipinski definition) is 6. The molecule has 6 nitrogen and oxygen atoms in total. The number of benzene rings is 2. The minimum absolute atomic E-state index is 0.319. The van der Waals surface area contributed by atoms with Gasteiger partial charge in [-0.3, -0.25) is 10.8 Å². The average molecular weight is 393 g/mol. The molecule has 9 heteroatoms. The summed E-state index contributed by atoms with van der Waals surface area (Å²) in [5.74, 6) is -2.03. The Kier molecular flexibility index (Phi) is 5.39. The first kappa shape index (κ1) is 19.8. The van der Waals surface area contributed by atoms with E-state index < -0.39 is 17.5 Å². The van der Waals surface area contributed by atoms with Crippen LogP contribution in [0, 0.1) is 10.8 Å². The molecule has 0 aromatic heterocycles. The molecule has 0 aliphatic carbocycles. The summed E-state index contributed by atoms with van der Waals surface area (Å²) in [6.07, 6.45) is -4.41. The molecule has 3 N–H and O–H groups in total. The minimum atomic E-state index is -4.41. The monoisotopic (exact) mass is 393 g/mol. The topological polar surface area (TPSA) is 87.4 Å². The van der Waals surface area contributed by atoms with E-state index >= 15 is 0 Å². The van der Waals surface area contributed by atoms with Crippen molar-refractivity contribution in [3.05, 3.63) is 59.7 Å². The number of ether oxygens (including phenoxy) is 3. The quantitative estimate of drug-likeness (QED) is 0.526. The zero-order valence-corrected chi connectivity index (χ0v) is 14.9. The lowest BCUT2D eigenvalue weighted by molar-refractivity contribution is -0.137. The second kappa shape index (κ2) is 7.61. The highest BCUT2D eigenvalue weighted by Gasteiger charge is 2.39. The third-order valence-corrected chi connectivity index (χ3v) is 4.12. The van der Waals surface area contributed by atoms with E-state index in [1.807, 2.05) is 0 Å². The van der Waals surface area contributed by atoms with E-state index in [-0.39, 0.29) is 11.8 Å². The summed E-state index contributed by atoms with van der Waals surface area (Å²) in [7, 11) is 0. The Labute approximate surface area is 159 Å². The van der Waals surface area contributed by atoms with Gasteiger partial charge in [0, 0.05) is 5.69 Å². The number of anilines is 2. The molecule has 1 aliphatic rings. The molecule has 3 rings (SSSR count). The van der Waals surface area contributed by atoms with Gasteiger partial charge in [-0.2, -0.15) is 13.2 Å². The van der Waals surface area contributed by atoms with Crippen LogP contribution in [0.4, 0.5) is 24.5 Å². The Bertz CT molecular complexity index is 876. The first-order valence-corrected chi connectivity index (χ1v) is 8.36. The predicted molar refractivity (Wildman–Crippen MR) is 97.1 cm³/mol. The van der Waals surface area contributed by atoms with E-state index in [4.69, 9.17) is 25.0 Å². The fourth-order valence-corrected chi connectivity index (χ4v) is 2.58. The zero-order chi connectivity index (χ0) is 20.4. The molecule has 1 heterocycles. The summed E-state index contributed by atoms with van der Waals surface area (Å²) in [5, 5.41) is 19.1. The summed E-state index contributed by atoms with van der Waals surface area (Å²) in [4.78, 5) is 0. The SMILES string of the molecule is CC1(C(=N)OC(=N)c2ccccc2Nc2ccc(C(F)(F)F)cc2)OCCO1. The van der Waals surface area contributed by atoms with Gasteiger partial charge in [0.05, 0.1) is 30.0 Å². The van der Waals surface area contributed by atoms with E-state index in [0.29, 0.717) is 30.2 Å². The lowest BCUT2D eigenvalue weighted by Crippen LogP contribution is -2.38.